The molecule has 2 heterocycles. The number of furan rings is 1. The van der Waals surface area contributed by atoms with E-state index in [1.165, 1.54) is 18.4 Å². The van der Waals surface area contributed by atoms with Crippen LogP contribution in [0, 0.1) is 17.7 Å². The summed E-state index contributed by atoms with van der Waals surface area (Å²) in [4.78, 5) is 57.2. The maximum atomic E-state index is 15.7. The first kappa shape index (κ1) is 35.3. The van der Waals surface area contributed by atoms with Gasteiger partial charge in [-0.15, -0.1) is 0 Å². The van der Waals surface area contributed by atoms with Gasteiger partial charge in [-0.2, -0.15) is 0 Å². The van der Waals surface area contributed by atoms with E-state index in [1.807, 2.05) is 20.9 Å². The minimum Gasteiger partial charge on any atom is -0.468 e. The molecule has 3 atom stereocenters. The van der Waals surface area contributed by atoms with E-state index in [2.05, 4.69) is 15.5 Å². The predicted octanol–water partition coefficient (Wildman–Crippen LogP) is 6.11. The second-order valence-electron chi connectivity index (χ2n) is 13.4. The fraction of sp³-hybridized carbons (Fsp3) is 0.611. The van der Waals surface area contributed by atoms with Gasteiger partial charge >= 0.3 is 0 Å². The van der Waals surface area contributed by atoms with Crippen molar-refractivity contribution in [2.75, 3.05) is 38.5 Å². The number of Topliss-reactive ketones (excluding diaryl/α,β-unsaturated/α-hetero) is 1. The lowest BCUT2D eigenvalue weighted by molar-refractivity contribution is -0.138. The molecule has 252 valence electrons. The number of anilines is 1. The van der Waals surface area contributed by atoms with Gasteiger partial charge < -0.3 is 24.9 Å². The summed E-state index contributed by atoms with van der Waals surface area (Å²) >= 11 is 0. The van der Waals surface area contributed by atoms with Gasteiger partial charge in [-0.05, 0) is 49.6 Å². The Morgan fingerprint density at radius 3 is 2.26 bits per heavy atom. The predicted molar refractivity (Wildman–Crippen MR) is 176 cm³/mol. The Hall–Kier alpha value is -3.53. The molecule has 0 radical (unpaired) electrons. The van der Waals surface area contributed by atoms with Crippen molar-refractivity contribution in [2.24, 2.45) is 11.8 Å². The van der Waals surface area contributed by atoms with Gasteiger partial charge in [0, 0.05) is 56.8 Å². The second-order valence-corrected chi connectivity index (χ2v) is 13.4. The van der Waals surface area contributed by atoms with E-state index in [0.717, 1.165) is 51.6 Å². The van der Waals surface area contributed by atoms with Crippen LogP contribution in [0.25, 0.3) is 0 Å². The van der Waals surface area contributed by atoms with E-state index in [4.69, 9.17) is 4.42 Å². The van der Waals surface area contributed by atoms with E-state index in [9.17, 15) is 19.2 Å². The minimum atomic E-state index is -0.847. The third-order valence-electron chi connectivity index (χ3n) is 9.73. The average Bonchev–Trinajstić information content (AvgIpc) is 3.40. The number of amides is 3. The summed E-state index contributed by atoms with van der Waals surface area (Å²) in [7, 11) is 2.00. The molecule has 2 fully saturated rings. The smallest absolute Gasteiger partial charge is 0.245 e. The van der Waals surface area contributed by atoms with Gasteiger partial charge in [-0.3, -0.25) is 19.2 Å². The largest absolute Gasteiger partial charge is 0.468 e. The second kappa shape index (κ2) is 16.3. The van der Waals surface area contributed by atoms with Crippen LogP contribution in [0.1, 0.15) is 113 Å². The monoisotopic (exact) mass is 638 g/mol. The number of benzene rings is 1. The molecule has 9 nitrogen and oxygen atoms in total. The van der Waals surface area contributed by atoms with Crippen LogP contribution in [0.5, 0.6) is 0 Å². The zero-order valence-corrected chi connectivity index (χ0v) is 28.1. The summed E-state index contributed by atoms with van der Waals surface area (Å²) in [5, 5.41) is 5.65. The van der Waals surface area contributed by atoms with Gasteiger partial charge in [0.2, 0.25) is 17.7 Å². The molecule has 2 N–H and O–H groups in total. The lowest BCUT2D eigenvalue weighted by atomic mass is 9.81. The molecule has 2 aromatic rings. The summed E-state index contributed by atoms with van der Waals surface area (Å²) < 4.78 is 21.3. The zero-order chi connectivity index (χ0) is 33.4. The first-order valence-electron chi connectivity index (χ1n) is 17.0. The minimum absolute atomic E-state index is 0.0201. The van der Waals surface area contributed by atoms with Gasteiger partial charge in [0.1, 0.15) is 17.6 Å². The molecule has 10 heteroatoms. The molecular weight excluding hydrogens is 587 g/mol. The molecule has 1 saturated carbocycles. The maximum Gasteiger partial charge on any atom is 0.245 e. The van der Waals surface area contributed by atoms with Crippen LogP contribution in [-0.4, -0.2) is 72.6 Å². The Balaban J connectivity index is 1.53. The van der Waals surface area contributed by atoms with Crippen LogP contribution in [0.15, 0.2) is 34.9 Å². The lowest BCUT2D eigenvalue weighted by Crippen LogP contribution is -2.55. The molecule has 1 aromatic heterocycles. The number of hydrogen-bond donors (Lipinski definition) is 2. The maximum absolute atomic E-state index is 15.7. The third kappa shape index (κ3) is 8.84. The molecule has 4 rings (SSSR count). The Morgan fingerprint density at radius 2 is 1.65 bits per heavy atom. The van der Waals surface area contributed by atoms with Crippen molar-refractivity contribution in [3.8, 4) is 0 Å². The average molecular weight is 639 g/mol. The number of ketones is 1. The first-order chi connectivity index (χ1) is 22.0. The van der Waals surface area contributed by atoms with Crippen molar-refractivity contribution in [1.29, 1.82) is 0 Å². The Morgan fingerprint density at radius 1 is 0.978 bits per heavy atom. The molecule has 2 aliphatic rings. The molecule has 1 aliphatic carbocycles. The van der Waals surface area contributed by atoms with Crippen molar-refractivity contribution in [2.45, 2.75) is 96.9 Å². The summed E-state index contributed by atoms with van der Waals surface area (Å²) in [6, 6.07) is 5.35. The number of halogens is 1. The highest BCUT2D eigenvalue weighted by atomic mass is 19.1. The first-order valence-corrected chi connectivity index (χ1v) is 17.0. The summed E-state index contributed by atoms with van der Waals surface area (Å²) in [5.41, 5.74) is 1.07. The van der Waals surface area contributed by atoms with Crippen LogP contribution in [-0.2, 0) is 14.4 Å². The summed E-state index contributed by atoms with van der Waals surface area (Å²) in [6.07, 6.45) is 7.65. The number of nitrogens with one attached hydrogen (secondary N) is 2. The number of carbonyl (C=O) groups is 4. The molecule has 1 aromatic carbocycles. The van der Waals surface area contributed by atoms with Crippen LogP contribution < -0.4 is 10.6 Å². The number of hydrogen-bond acceptors (Lipinski definition) is 6. The molecule has 1 aliphatic heterocycles. The zero-order valence-electron chi connectivity index (χ0n) is 28.1. The molecular formula is C36H51FN4O5. The van der Waals surface area contributed by atoms with Crippen LogP contribution in [0.3, 0.4) is 0 Å². The van der Waals surface area contributed by atoms with Gasteiger partial charge in [0.15, 0.2) is 5.78 Å². The summed E-state index contributed by atoms with van der Waals surface area (Å²) in [6.45, 7) is 10.0. The SMILES string of the molecule is CCC(=O)N[C@@H](C(=O)N1CCN(C)CC1)[C@@H](C)c1ccc(NC(=O)[C@@H](CC(=O)c2ccoc2C(C)C)C2CCCCCC2)c(F)c1. The quantitative estimate of drug-likeness (QED) is 0.214. The standard InChI is InChI=1S/C36H51FN4O5/c1-6-32(43)39-33(36(45)41-18-16-40(5)17-19-41)24(4)26-13-14-30(29(37)21-26)38-35(44)28(25-11-9-7-8-10-12-25)22-31(42)27-15-20-46-34(27)23(2)3/h13-15,20-21,23-25,28,33H,6-12,16-19,22H2,1-5H3,(H,38,44)(H,39,43)/t24-,28-,33+/m0/s1. The Kier molecular flexibility index (Phi) is 12.5. The van der Waals surface area contributed by atoms with Crippen LogP contribution >= 0.6 is 0 Å². The molecule has 0 spiro atoms. The van der Waals surface area contributed by atoms with E-state index >= 15 is 4.39 Å². The molecule has 0 bridgehead atoms. The van der Waals surface area contributed by atoms with E-state index < -0.39 is 23.7 Å². The van der Waals surface area contributed by atoms with Crippen molar-refractivity contribution in [3.05, 3.63) is 53.2 Å². The molecule has 3 amide bonds. The number of nitrogens with zero attached hydrogens (tertiary/aromatic N) is 2. The number of piperazine rings is 1. The van der Waals surface area contributed by atoms with Gasteiger partial charge in [0.25, 0.3) is 0 Å². The fourth-order valence-electron chi connectivity index (χ4n) is 6.73. The number of likely N-dealkylation sites (N-methyl/N-ethyl adjacent to an activating group) is 1. The highest BCUT2D eigenvalue weighted by Crippen LogP contribution is 2.34. The van der Waals surface area contributed by atoms with Gasteiger partial charge in [0.05, 0.1) is 17.5 Å². The summed E-state index contributed by atoms with van der Waals surface area (Å²) in [5.74, 6) is -2.03. The Bertz CT molecular complexity index is 1360. The van der Waals surface area contributed by atoms with Gasteiger partial charge in [-0.1, -0.05) is 59.4 Å². The number of carbonyl (C=O) groups excluding carboxylic acids is 4. The van der Waals surface area contributed by atoms with Crippen LogP contribution in [0.4, 0.5) is 10.1 Å². The number of rotatable bonds is 12. The van der Waals surface area contributed by atoms with Crippen molar-refractivity contribution in [1.82, 2.24) is 15.1 Å². The lowest BCUT2D eigenvalue weighted by Gasteiger charge is -2.36. The van der Waals surface area contributed by atoms with E-state index in [-0.39, 0.29) is 53.9 Å². The van der Waals surface area contributed by atoms with E-state index in [1.54, 1.807) is 30.9 Å². The van der Waals surface area contributed by atoms with E-state index in [0.29, 0.717) is 30.0 Å². The van der Waals surface area contributed by atoms with Crippen LogP contribution in [0.2, 0.25) is 0 Å². The van der Waals surface area contributed by atoms with Crippen molar-refractivity contribution < 1.29 is 28.0 Å². The van der Waals surface area contributed by atoms with Crippen molar-refractivity contribution in [3.63, 3.8) is 0 Å². The fourth-order valence-corrected chi connectivity index (χ4v) is 6.73. The molecule has 46 heavy (non-hydrogen) atoms. The highest BCUT2D eigenvalue weighted by molar-refractivity contribution is 6.02. The topological polar surface area (TPSA) is 112 Å². The normalized spacial score (nSPS) is 18.5. The molecule has 0 unspecified atom stereocenters. The van der Waals surface area contributed by atoms with Crippen molar-refractivity contribution >= 4 is 29.2 Å². The molecule has 1 saturated heterocycles. The Labute approximate surface area is 272 Å². The third-order valence-corrected chi connectivity index (χ3v) is 9.73. The highest BCUT2D eigenvalue weighted by Gasteiger charge is 2.35. The van der Waals surface area contributed by atoms with Gasteiger partial charge in [-0.25, -0.2) is 4.39 Å².